The number of hydrogen-bond acceptors (Lipinski definition) is 2. The van der Waals surface area contributed by atoms with Gasteiger partial charge in [-0.2, -0.15) is 10.5 Å². The van der Waals surface area contributed by atoms with E-state index in [1.807, 2.05) is 6.07 Å². The second kappa shape index (κ2) is 5.21. The van der Waals surface area contributed by atoms with E-state index >= 15 is 0 Å². The first-order valence-corrected chi connectivity index (χ1v) is 5.53. The molecule has 0 amide bonds. The molecule has 0 saturated carbocycles. The third kappa shape index (κ3) is 2.67. The standard InChI is InChI=1S/C12H10Cl2N2/c1-12(8-16,5-2-6-15)10-4-3-9(13)7-11(10)14/h3-4,7H,2,5H2,1H3. The predicted octanol–water partition coefficient (Wildman–Crippen LogP) is 4.08. The molecule has 1 unspecified atom stereocenters. The number of benzene rings is 1. The zero-order valence-electron chi connectivity index (χ0n) is 8.80. The Morgan fingerprint density at radius 1 is 1.31 bits per heavy atom. The molecule has 0 aliphatic heterocycles. The molecule has 0 spiro atoms. The van der Waals surface area contributed by atoms with Crippen molar-refractivity contribution in [3.63, 3.8) is 0 Å². The van der Waals surface area contributed by atoms with Crippen molar-refractivity contribution in [1.82, 2.24) is 0 Å². The summed E-state index contributed by atoms with van der Waals surface area (Å²) in [6.07, 6.45) is 0.782. The van der Waals surface area contributed by atoms with E-state index in [-0.39, 0.29) is 0 Å². The normalized spacial score (nSPS) is 13.6. The molecule has 0 radical (unpaired) electrons. The summed E-state index contributed by atoms with van der Waals surface area (Å²) in [6.45, 7) is 1.78. The summed E-state index contributed by atoms with van der Waals surface area (Å²) in [4.78, 5) is 0. The Balaban J connectivity index is 3.14. The summed E-state index contributed by atoms with van der Waals surface area (Å²) in [5.74, 6) is 0. The molecule has 82 valence electrons. The average molecular weight is 253 g/mol. The molecule has 1 aromatic carbocycles. The molecule has 16 heavy (non-hydrogen) atoms. The van der Waals surface area contributed by atoms with E-state index in [2.05, 4.69) is 6.07 Å². The van der Waals surface area contributed by atoms with Crippen LogP contribution in [-0.4, -0.2) is 0 Å². The van der Waals surface area contributed by atoms with E-state index in [4.69, 9.17) is 28.5 Å². The molecular weight excluding hydrogens is 243 g/mol. The van der Waals surface area contributed by atoms with Gasteiger partial charge < -0.3 is 0 Å². The topological polar surface area (TPSA) is 47.6 Å². The molecule has 1 aromatic rings. The fourth-order valence-corrected chi connectivity index (χ4v) is 2.11. The smallest absolute Gasteiger partial charge is 0.0818 e. The van der Waals surface area contributed by atoms with E-state index in [1.165, 1.54) is 0 Å². The van der Waals surface area contributed by atoms with Gasteiger partial charge in [-0.3, -0.25) is 0 Å². The first kappa shape index (κ1) is 12.8. The van der Waals surface area contributed by atoms with Gasteiger partial charge in [0.2, 0.25) is 0 Å². The van der Waals surface area contributed by atoms with E-state index in [0.29, 0.717) is 22.9 Å². The van der Waals surface area contributed by atoms with Gasteiger partial charge in [0.1, 0.15) is 0 Å². The molecule has 0 N–H and O–H groups in total. The van der Waals surface area contributed by atoms with Gasteiger partial charge in [0.05, 0.1) is 17.6 Å². The SMILES string of the molecule is CC(C#N)(CCC#N)c1ccc(Cl)cc1Cl. The lowest BCUT2D eigenvalue weighted by molar-refractivity contribution is 0.563. The monoisotopic (exact) mass is 252 g/mol. The highest BCUT2D eigenvalue weighted by Crippen LogP contribution is 2.34. The van der Waals surface area contributed by atoms with E-state index in [9.17, 15) is 5.26 Å². The molecule has 0 saturated heterocycles. The van der Waals surface area contributed by atoms with Gasteiger partial charge in [-0.05, 0) is 31.0 Å². The van der Waals surface area contributed by atoms with Crippen LogP contribution in [0.3, 0.4) is 0 Å². The quantitative estimate of drug-likeness (QED) is 0.814. The Kier molecular flexibility index (Phi) is 4.19. The maximum absolute atomic E-state index is 9.21. The van der Waals surface area contributed by atoms with Gasteiger partial charge in [-0.1, -0.05) is 29.3 Å². The fourth-order valence-electron chi connectivity index (χ4n) is 1.49. The van der Waals surface area contributed by atoms with Crippen LogP contribution in [0.4, 0.5) is 0 Å². The molecular formula is C12H10Cl2N2. The van der Waals surface area contributed by atoms with Crippen LogP contribution in [0.15, 0.2) is 18.2 Å². The Morgan fingerprint density at radius 2 is 2.00 bits per heavy atom. The molecule has 0 aliphatic carbocycles. The molecule has 0 fully saturated rings. The van der Waals surface area contributed by atoms with Gasteiger partial charge in [-0.15, -0.1) is 0 Å². The molecule has 1 atom stereocenters. The molecule has 0 bridgehead atoms. The van der Waals surface area contributed by atoms with Crippen molar-refractivity contribution in [1.29, 1.82) is 10.5 Å². The fraction of sp³-hybridized carbons (Fsp3) is 0.333. The minimum atomic E-state index is -0.739. The van der Waals surface area contributed by atoms with Gasteiger partial charge >= 0.3 is 0 Å². The minimum absolute atomic E-state index is 0.322. The summed E-state index contributed by atoms with van der Waals surface area (Å²) in [6, 6.07) is 9.30. The van der Waals surface area contributed by atoms with Gasteiger partial charge in [0.25, 0.3) is 0 Å². The molecule has 0 aliphatic rings. The highest BCUT2D eigenvalue weighted by atomic mass is 35.5. The maximum atomic E-state index is 9.21. The first-order valence-electron chi connectivity index (χ1n) is 4.77. The highest BCUT2D eigenvalue weighted by molar-refractivity contribution is 6.35. The molecule has 1 rings (SSSR count). The van der Waals surface area contributed by atoms with Gasteiger partial charge in [0.15, 0.2) is 0 Å². The number of nitrogens with zero attached hydrogens (tertiary/aromatic N) is 2. The zero-order chi connectivity index (χ0) is 12.2. The second-order valence-electron chi connectivity index (χ2n) is 3.73. The van der Waals surface area contributed by atoms with Crippen LogP contribution in [0.2, 0.25) is 10.0 Å². The van der Waals surface area contributed by atoms with Crippen molar-refractivity contribution >= 4 is 23.2 Å². The predicted molar refractivity (Wildman–Crippen MR) is 64.3 cm³/mol. The largest absolute Gasteiger partial charge is 0.198 e. The van der Waals surface area contributed by atoms with E-state index < -0.39 is 5.41 Å². The Bertz CT molecular complexity index is 471. The van der Waals surface area contributed by atoms with Crippen molar-refractivity contribution in [2.24, 2.45) is 0 Å². The molecule has 0 heterocycles. The van der Waals surface area contributed by atoms with Crippen LogP contribution < -0.4 is 0 Å². The number of rotatable bonds is 3. The van der Waals surface area contributed by atoms with Crippen molar-refractivity contribution in [3.8, 4) is 12.1 Å². The van der Waals surface area contributed by atoms with Crippen molar-refractivity contribution in [2.45, 2.75) is 25.2 Å². The Labute approximate surface area is 105 Å². The van der Waals surface area contributed by atoms with Crippen LogP contribution in [0.5, 0.6) is 0 Å². The molecule has 2 nitrogen and oxygen atoms in total. The molecule has 0 aromatic heterocycles. The lowest BCUT2D eigenvalue weighted by Crippen LogP contribution is -2.19. The Hall–Kier alpha value is -1.22. The van der Waals surface area contributed by atoms with Crippen LogP contribution >= 0.6 is 23.2 Å². The first-order chi connectivity index (χ1) is 7.53. The lowest BCUT2D eigenvalue weighted by atomic mass is 9.80. The summed E-state index contributed by atoms with van der Waals surface area (Å²) < 4.78 is 0. The summed E-state index contributed by atoms with van der Waals surface area (Å²) in [5, 5.41) is 18.8. The Morgan fingerprint density at radius 3 is 2.50 bits per heavy atom. The molecule has 4 heteroatoms. The van der Waals surface area contributed by atoms with Crippen molar-refractivity contribution < 1.29 is 0 Å². The lowest BCUT2D eigenvalue weighted by Gasteiger charge is -2.22. The van der Waals surface area contributed by atoms with Crippen LogP contribution in [0.1, 0.15) is 25.3 Å². The zero-order valence-corrected chi connectivity index (χ0v) is 10.3. The van der Waals surface area contributed by atoms with Gasteiger partial charge in [0, 0.05) is 16.5 Å². The van der Waals surface area contributed by atoms with Crippen LogP contribution in [0, 0.1) is 22.7 Å². The highest BCUT2D eigenvalue weighted by Gasteiger charge is 2.28. The summed E-state index contributed by atoms with van der Waals surface area (Å²) >= 11 is 11.8. The average Bonchev–Trinajstić information content (AvgIpc) is 2.26. The third-order valence-corrected chi connectivity index (χ3v) is 3.06. The van der Waals surface area contributed by atoms with E-state index in [0.717, 1.165) is 5.56 Å². The number of halogens is 2. The number of hydrogen-bond donors (Lipinski definition) is 0. The third-order valence-electron chi connectivity index (χ3n) is 2.51. The van der Waals surface area contributed by atoms with Crippen LogP contribution in [-0.2, 0) is 5.41 Å². The summed E-state index contributed by atoms with van der Waals surface area (Å²) in [5.41, 5.74) is -0.0199. The minimum Gasteiger partial charge on any atom is -0.198 e. The number of nitriles is 2. The van der Waals surface area contributed by atoms with Gasteiger partial charge in [-0.25, -0.2) is 0 Å². The second-order valence-corrected chi connectivity index (χ2v) is 4.57. The maximum Gasteiger partial charge on any atom is 0.0818 e. The van der Waals surface area contributed by atoms with Crippen molar-refractivity contribution in [3.05, 3.63) is 33.8 Å². The van der Waals surface area contributed by atoms with Crippen molar-refractivity contribution in [2.75, 3.05) is 0 Å². The van der Waals surface area contributed by atoms with Crippen LogP contribution in [0.25, 0.3) is 0 Å². The summed E-state index contributed by atoms with van der Waals surface area (Å²) in [7, 11) is 0. The van der Waals surface area contributed by atoms with E-state index in [1.54, 1.807) is 25.1 Å².